The van der Waals surface area contributed by atoms with Gasteiger partial charge in [0.15, 0.2) is 5.82 Å². The van der Waals surface area contributed by atoms with E-state index in [-0.39, 0.29) is 24.4 Å². The van der Waals surface area contributed by atoms with E-state index in [2.05, 4.69) is 45.8 Å². The maximum atomic E-state index is 13.8. The Hall–Kier alpha value is -5.24. The molecule has 12 nitrogen and oxygen atoms in total. The number of likely N-dealkylation sites (tertiary alicyclic amines) is 1. The number of piperidine rings is 1. The molecule has 0 saturated carbocycles. The number of carboxylic acid groups (broad SMARTS) is 2. The number of nitrogens with zero attached hydrogens (tertiary/aromatic N) is 5. The number of hydrogen-bond donors (Lipinski definition) is 4. The first kappa shape index (κ1) is 40.0. The number of aliphatic imine (C=N–C) groups is 1. The largest absolute Gasteiger partial charge is 0.490 e. The molecular formula is C37H37ClF3N7O5S. The van der Waals surface area contributed by atoms with E-state index in [4.69, 9.17) is 32.2 Å². The summed E-state index contributed by atoms with van der Waals surface area (Å²) in [4.78, 5) is 42.7. The third-order valence-corrected chi connectivity index (χ3v) is 10.5. The Labute approximate surface area is 317 Å². The van der Waals surface area contributed by atoms with Crippen LogP contribution in [-0.4, -0.2) is 85.8 Å². The monoisotopic (exact) mass is 783 g/mol. The molecule has 2 aromatic carbocycles. The number of benzene rings is 2. The summed E-state index contributed by atoms with van der Waals surface area (Å²) in [5.41, 5.74) is 10.8. The number of aliphatic carboxylic acids is 1. The number of anilines is 1. The number of carbonyl (C=O) groups is 3. The third kappa shape index (κ3) is 9.09. The lowest BCUT2D eigenvalue weighted by Crippen LogP contribution is -2.40. The second-order valence-electron chi connectivity index (χ2n) is 12.7. The summed E-state index contributed by atoms with van der Waals surface area (Å²) in [6.45, 7) is 8.31. The molecule has 0 radical (unpaired) electrons. The van der Waals surface area contributed by atoms with Gasteiger partial charge >= 0.3 is 18.1 Å². The van der Waals surface area contributed by atoms with E-state index in [0.717, 1.165) is 51.8 Å². The number of nitrogens with two attached hydrogens (primary N) is 1. The van der Waals surface area contributed by atoms with Crippen molar-refractivity contribution < 1.29 is 37.8 Å². The standard InChI is InChI=1S/C35H36ClN7O3S.C2HF3O2/c1-20-21(2)47-34-31(20)32(24-6-8-26(36)9-7-24)39-29(33-41-40-22(3)43(33)34)18-30(44)42-15-12-23(13-16-42)19-38-27-10-11-28(35(45)46)25(17-27)5-4-14-37;3-2(4,5)1(6)7/h6-11,17,23,29,38H,12-16,18-19,37H2,1-3H3,(H,45,46);(H,6,7)/t29-;/m0./s1. The quantitative estimate of drug-likeness (QED) is 0.160. The highest BCUT2D eigenvalue weighted by molar-refractivity contribution is 7.15. The zero-order chi connectivity index (χ0) is 39.3. The molecule has 0 unspecified atom stereocenters. The Morgan fingerprint density at radius 3 is 2.33 bits per heavy atom. The number of rotatable bonds is 7. The number of carbonyl (C=O) groups excluding carboxylic acids is 1. The average Bonchev–Trinajstić information content (AvgIpc) is 3.61. The number of aryl methyl sites for hydroxylation is 2. The number of hydrogen-bond acceptors (Lipinski definition) is 9. The van der Waals surface area contributed by atoms with Crippen LogP contribution < -0.4 is 11.1 Å². The van der Waals surface area contributed by atoms with Gasteiger partial charge in [0.2, 0.25) is 5.91 Å². The van der Waals surface area contributed by atoms with Crippen LogP contribution in [0.4, 0.5) is 18.9 Å². The Balaban J connectivity index is 0.000000730. The number of alkyl halides is 3. The summed E-state index contributed by atoms with van der Waals surface area (Å²) in [5, 5.41) is 30.7. The van der Waals surface area contributed by atoms with Crippen molar-refractivity contribution in [1.29, 1.82) is 0 Å². The number of aromatic nitrogens is 3. The van der Waals surface area contributed by atoms with Gasteiger partial charge in [-0.1, -0.05) is 35.6 Å². The van der Waals surface area contributed by atoms with Crippen molar-refractivity contribution in [3.8, 4) is 16.8 Å². The number of nitrogens with one attached hydrogen (secondary N) is 1. The number of halogens is 4. The van der Waals surface area contributed by atoms with Crippen molar-refractivity contribution in [2.45, 2.75) is 52.3 Å². The van der Waals surface area contributed by atoms with Crippen LogP contribution in [-0.2, 0) is 9.59 Å². The van der Waals surface area contributed by atoms with Gasteiger partial charge in [-0.05, 0) is 75.4 Å². The molecule has 54 heavy (non-hydrogen) atoms. The zero-order valence-corrected chi connectivity index (χ0v) is 31.1. The molecule has 4 heterocycles. The number of amides is 1. The summed E-state index contributed by atoms with van der Waals surface area (Å²) in [5.74, 6) is 3.64. The molecule has 1 amide bonds. The number of carboxylic acids is 2. The smallest absolute Gasteiger partial charge is 0.478 e. The van der Waals surface area contributed by atoms with Crippen LogP contribution in [0, 0.1) is 38.5 Å². The van der Waals surface area contributed by atoms with Crippen molar-refractivity contribution in [3.63, 3.8) is 0 Å². The highest BCUT2D eigenvalue weighted by Gasteiger charge is 2.38. The van der Waals surface area contributed by atoms with Gasteiger partial charge in [-0.25, -0.2) is 9.59 Å². The molecule has 0 bridgehead atoms. The first-order valence-electron chi connectivity index (χ1n) is 16.8. The summed E-state index contributed by atoms with van der Waals surface area (Å²) in [7, 11) is 0. The Kier molecular flexibility index (Phi) is 12.5. The van der Waals surface area contributed by atoms with Gasteiger partial charge in [0.1, 0.15) is 16.9 Å². The number of thiophene rings is 1. The van der Waals surface area contributed by atoms with Gasteiger partial charge in [-0.15, -0.1) is 21.5 Å². The van der Waals surface area contributed by atoms with Gasteiger partial charge in [0, 0.05) is 51.9 Å². The third-order valence-electron chi connectivity index (χ3n) is 9.10. The van der Waals surface area contributed by atoms with Crippen molar-refractivity contribution in [2.24, 2.45) is 16.6 Å². The highest BCUT2D eigenvalue weighted by atomic mass is 35.5. The van der Waals surface area contributed by atoms with Crippen LogP contribution in [0.2, 0.25) is 5.02 Å². The molecular weight excluding hydrogens is 747 g/mol. The first-order chi connectivity index (χ1) is 25.6. The fourth-order valence-corrected chi connectivity index (χ4v) is 7.51. The topological polar surface area (TPSA) is 176 Å². The average molecular weight is 784 g/mol. The Bertz CT molecular complexity index is 2150. The van der Waals surface area contributed by atoms with Crippen LogP contribution in [0.1, 0.15) is 74.4 Å². The molecule has 1 fully saturated rings. The Morgan fingerprint density at radius 1 is 1.06 bits per heavy atom. The molecule has 5 N–H and O–H groups in total. The first-order valence-corrected chi connectivity index (χ1v) is 18.0. The minimum Gasteiger partial charge on any atom is -0.478 e. The summed E-state index contributed by atoms with van der Waals surface area (Å²) in [6.07, 6.45) is -3.20. The minimum atomic E-state index is -5.08. The predicted octanol–water partition coefficient (Wildman–Crippen LogP) is 6.18. The lowest BCUT2D eigenvalue weighted by molar-refractivity contribution is -0.192. The van der Waals surface area contributed by atoms with Crippen molar-refractivity contribution in [3.05, 3.63) is 91.8 Å². The van der Waals surface area contributed by atoms with E-state index >= 15 is 0 Å². The molecule has 6 rings (SSSR count). The number of fused-ring (bicyclic) bond motifs is 3. The van der Waals surface area contributed by atoms with E-state index in [1.807, 2.05) is 36.1 Å². The maximum Gasteiger partial charge on any atom is 0.490 e. The molecule has 0 aliphatic carbocycles. The normalized spacial score (nSPS) is 15.4. The van der Waals surface area contributed by atoms with Crippen molar-refractivity contribution >= 4 is 52.2 Å². The van der Waals surface area contributed by atoms with E-state index < -0.39 is 24.2 Å². The van der Waals surface area contributed by atoms with E-state index in [0.29, 0.717) is 42.0 Å². The van der Waals surface area contributed by atoms with Gasteiger partial charge < -0.3 is 26.2 Å². The van der Waals surface area contributed by atoms with Gasteiger partial charge in [0.25, 0.3) is 0 Å². The maximum absolute atomic E-state index is 13.8. The van der Waals surface area contributed by atoms with Crippen LogP contribution in [0.25, 0.3) is 5.00 Å². The minimum absolute atomic E-state index is 0.0401. The fourth-order valence-electron chi connectivity index (χ4n) is 6.17. The van der Waals surface area contributed by atoms with Crippen LogP contribution >= 0.6 is 22.9 Å². The SMILES string of the molecule is Cc1sc2c(c1C)C(c1ccc(Cl)cc1)=N[C@@H](CC(=O)N1CCC(CNc3ccc(C(=O)O)c(C#CCN)c3)CC1)c1nnc(C)n1-2.O=C(O)C(F)(F)F. The van der Waals surface area contributed by atoms with E-state index in [1.165, 1.54) is 4.88 Å². The van der Waals surface area contributed by atoms with Gasteiger partial charge in [0.05, 0.1) is 24.2 Å². The van der Waals surface area contributed by atoms with E-state index in [1.54, 1.807) is 29.5 Å². The molecule has 1 saturated heterocycles. The number of aromatic carboxylic acids is 1. The summed E-state index contributed by atoms with van der Waals surface area (Å²) < 4.78 is 33.8. The molecule has 284 valence electrons. The van der Waals surface area contributed by atoms with Gasteiger partial charge in [-0.2, -0.15) is 13.2 Å². The molecule has 0 spiro atoms. The van der Waals surface area contributed by atoms with Crippen molar-refractivity contribution in [2.75, 3.05) is 31.5 Å². The van der Waals surface area contributed by atoms with Crippen LogP contribution in [0.5, 0.6) is 0 Å². The lowest BCUT2D eigenvalue weighted by atomic mass is 9.96. The zero-order valence-electron chi connectivity index (χ0n) is 29.5. The Morgan fingerprint density at radius 2 is 1.72 bits per heavy atom. The fraction of sp³-hybridized carbons (Fsp3) is 0.351. The van der Waals surface area contributed by atoms with Crippen LogP contribution in [0.3, 0.4) is 0 Å². The van der Waals surface area contributed by atoms with Gasteiger partial charge in [-0.3, -0.25) is 14.4 Å². The van der Waals surface area contributed by atoms with E-state index in [9.17, 15) is 27.9 Å². The second-order valence-corrected chi connectivity index (χ2v) is 14.3. The second kappa shape index (κ2) is 16.8. The van der Waals surface area contributed by atoms with Crippen LogP contribution in [0.15, 0.2) is 47.5 Å². The molecule has 1 atom stereocenters. The lowest BCUT2D eigenvalue weighted by Gasteiger charge is -2.33. The van der Waals surface area contributed by atoms with Crippen molar-refractivity contribution in [1.82, 2.24) is 19.7 Å². The summed E-state index contributed by atoms with van der Waals surface area (Å²) in [6, 6.07) is 12.2. The molecule has 17 heteroatoms. The highest BCUT2D eigenvalue weighted by Crippen LogP contribution is 2.40. The predicted molar refractivity (Wildman–Crippen MR) is 199 cm³/mol. The molecule has 2 aromatic heterocycles. The summed E-state index contributed by atoms with van der Waals surface area (Å²) >= 11 is 7.92. The molecule has 2 aliphatic heterocycles. The molecule has 4 aromatic rings. The molecule has 2 aliphatic rings.